The molecule has 0 amide bonds. The fourth-order valence-electron chi connectivity index (χ4n) is 0.958. The molecule has 2 N–H and O–H groups in total. The largest absolute Gasteiger partial charge is 0.506 e. The molecule has 0 atom stereocenters. The molecule has 0 aliphatic heterocycles. The third-order valence-electron chi connectivity index (χ3n) is 1.89. The van der Waals surface area contributed by atoms with Crippen LogP contribution < -0.4 is 0 Å². The van der Waals surface area contributed by atoms with Crippen LogP contribution in [0.1, 0.15) is 31.7 Å². The number of hydrogen-bond donors (Lipinski definition) is 2. The highest BCUT2D eigenvalue weighted by Crippen LogP contribution is 2.32. The van der Waals surface area contributed by atoms with Gasteiger partial charge in [-0.05, 0) is 50.4 Å². The van der Waals surface area contributed by atoms with Gasteiger partial charge in [0.15, 0.2) is 0 Å². The predicted molar refractivity (Wildman–Crippen MR) is 75.4 cm³/mol. The molecule has 0 aliphatic carbocycles. The number of phenols is 1. The average Bonchev–Trinajstić information content (AvgIpc) is 2.33. The number of carboxylic acids is 1. The Balaban J connectivity index is 0.000000360. The van der Waals surface area contributed by atoms with Gasteiger partial charge < -0.3 is 10.2 Å². The van der Waals surface area contributed by atoms with Crippen molar-refractivity contribution in [2.45, 2.75) is 26.2 Å². The van der Waals surface area contributed by atoms with Crippen LogP contribution in [0.25, 0.3) is 0 Å². The third-order valence-corrected chi connectivity index (χ3v) is 3.10. The van der Waals surface area contributed by atoms with Crippen molar-refractivity contribution in [3.8, 4) is 11.8 Å². The lowest BCUT2D eigenvalue weighted by atomic mass is 10.2. The van der Waals surface area contributed by atoms with E-state index >= 15 is 0 Å². The van der Waals surface area contributed by atoms with Crippen LogP contribution in [0.2, 0.25) is 0 Å². The fourth-order valence-corrected chi connectivity index (χ4v) is 2.14. The summed E-state index contributed by atoms with van der Waals surface area (Å²) in [4.78, 5) is 9.76. The number of aliphatic carboxylic acids is 1. The Hall–Kier alpha value is -1.06. The Morgan fingerprint density at radius 1 is 1.39 bits per heavy atom. The fraction of sp³-hybridized carbons (Fsp3) is 0.333. The van der Waals surface area contributed by atoms with E-state index in [4.69, 9.17) is 10.4 Å². The van der Waals surface area contributed by atoms with Crippen molar-refractivity contribution in [1.82, 2.24) is 0 Å². The van der Waals surface area contributed by atoms with Gasteiger partial charge in [0.2, 0.25) is 0 Å². The quantitative estimate of drug-likeness (QED) is 0.831. The van der Waals surface area contributed by atoms with Gasteiger partial charge in [-0.1, -0.05) is 13.3 Å². The summed E-state index contributed by atoms with van der Waals surface area (Å²) in [5, 5.41) is 25.8. The van der Waals surface area contributed by atoms with Crippen LogP contribution in [0.3, 0.4) is 0 Å². The van der Waals surface area contributed by atoms with Gasteiger partial charge >= 0.3 is 5.97 Å². The van der Waals surface area contributed by atoms with Gasteiger partial charge in [-0.15, -0.1) is 0 Å². The maximum Gasteiger partial charge on any atom is 0.303 e. The number of phenolic OH excluding ortho intramolecular Hbond substituents is 1. The normalized spacial score (nSPS) is 9.00. The number of unbranched alkanes of at least 4 members (excludes halogenated alkanes) is 1. The molecule has 0 radical (unpaired) electrons. The molecule has 1 aromatic rings. The molecule has 0 aromatic heterocycles. The number of carbonyl (C=O) groups is 1. The van der Waals surface area contributed by atoms with E-state index in [1.165, 1.54) is 0 Å². The van der Waals surface area contributed by atoms with Crippen LogP contribution in [0.5, 0.6) is 5.75 Å². The molecule has 0 aliphatic rings. The zero-order valence-corrected chi connectivity index (χ0v) is 13.0. The highest BCUT2D eigenvalue weighted by molar-refractivity contribution is 9.11. The number of nitriles is 1. The Morgan fingerprint density at radius 3 is 2.17 bits per heavy atom. The summed E-state index contributed by atoms with van der Waals surface area (Å²) in [5.74, 6) is -0.578. The second-order valence-electron chi connectivity index (χ2n) is 3.40. The first-order valence-corrected chi connectivity index (χ1v) is 6.80. The van der Waals surface area contributed by atoms with E-state index in [0.29, 0.717) is 20.9 Å². The Labute approximate surface area is 123 Å². The molecule has 0 bridgehead atoms. The molecule has 18 heavy (non-hydrogen) atoms. The lowest BCUT2D eigenvalue weighted by Gasteiger charge is -1.99. The number of rotatable bonds is 3. The van der Waals surface area contributed by atoms with Crippen LogP contribution in [-0.2, 0) is 4.79 Å². The zero-order chi connectivity index (χ0) is 14.1. The maximum absolute atomic E-state index is 9.76. The third kappa shape index (κ3) is 6.62. The Morgan fingerprint density at radius 2 is 1.89 bits per heavy atom. The van der Waals surface area contributed by atoms with E-state index < -0.39 is 5.97 Å². The van der Waals surface area contributed by atoms with Gasteiger partial charge in [0, 0.05) is 6.42 Å². The molecule has 0 heterocycles. The number of hydrogen-bond acceptors (Lipinski definition) is 3. The summed E-state index contributed by atoms with van der Waals surface area (Å²) in [6.45, 7) is 1.98. The van der Waals surface area contributed by atoms with Crippen molar-refractivity contribution in [2.75, 3.05) is 0 Å². The first-order valence-electron chi connectivity index (χ1n) is 5.22. The van der Waals surface area contributed by atoms with Crippen molar-refractivity contribution in [3.63, 3.8) is 0 Å². The molecule has 0 spiro atoms. The van der Waals surface area contributed by atoms with Crippen LogP contribution in [0.4, 0.5) is 0 Å². The average molecular weight is 379 g/mol. The number of aromatic hydroxyl groups is 1. The standard InChI is InChI=1S/C7H3Br2NO.C5H10O2/c8-5-1-4(3-10)2-6(9)7(5)11;1-2-3-4-5(6)7/h1-2,11H;2-4H2,1H3,(H,6,7). The first-order chi connectivity index (χ1) is 8.42. The zero-order valence-electron chi connectivity index (χ0n) is 9.78. The first kappa shape index (κ1) is 16.9. The summed E-state index contributed by atoms with van der Waals surface area (Å²) in [5.41, 5.74) is 0.501. The van der Waals surface area contributed by atoms with Gasteiger partial charge in [-0.25, -0.2) is 0 Å². The predicted octanol–water partition coefficient (Wildman–Crippen LogP) is 4.05. The topological polar surface area (TPSA) is 81.3 Å². The second kappa shape index (κ2) is 8.95. The minimum absolute atomic E-state index is 0.115. The van der Waals surface area contributed by atoms with Crippen LogP contribution in [0, 0.1) is 11.3 Å². The maximum atomic E-state index is 9.76. The summed E-state index contributed by atoms with van der Waals surface area (Å²) < 4.78 is 1.03. The van der Waals surface area contributed by atoms with E-state index in [1.807, 2.05) is 13.0 Å². The van der Waals surface area contributed by atoms with Crippen molar-refractivity contribution < 1.29 is 15.0 Å². The van der Waals surface area contributed by atoms with E-state index in [-0.39, 0.29) is 5.75 Å². The van der Waals surface area contributed by atoms with Crippen molar-refractivity contribution in [1.29, 1.82) is 5.26 Å². The SMILES string of the molecule is CCCCC(=O)O.N#Cc1cc(Br)c(O)c(Br)c1. The molecule has 0 saturated carbocycles. The van der Waals surface area contributed by atoms with Crippen molar-refractivity contribution >= 4 is 37.8 Å². The molecule has 1 aromatic carbocycles. The molecule has 6 heteroatoms. The van der Waals surface area contributed by atoms with E-state index in [2.05, 4.69) is 31.9 Å². The Bertz CT molecular complexity index is 432. The molecule has 0 fully saturated rings. The van der Waals surface area contributed by atoms with Gasteiger partial charge in [0.25, 0.3) is 0 Å². The molecule has 1 rings (SSSR count). The lowest BCUT2D eigenvalue weighted by molar-refractivity contribution is -0.137. The molecular formula is C12H13Br2NO3. The molecule has 4 nitrogen and oxygen atoms in total. The summed E-state index contributed by atoms with van der Waals surface area (Å²) in [7, 11) is 0. The molecule has 0 saturated heterocycles. The van der Waals surface area contributed by atoms with E-state index in [9.17, 15) is 9.90 Å². The summed E-state index contributed by atoms with van der Waals surface area (Å²) in [6.07, 6.45) is 2.08. The number of carboxylic acid groups (broad SMARTS) is 1. The lowest BCUT2D eigenvalue weighted by Crippen LogP contribution is -1.91. The highest BCUT2D eigenvalue weighted by atomic mass is 79.9. The smallest absolute Gasteiger partial charge is 0.303 e. The summed E-state index contributed by atoms with van der Waals surface area (Å²) in [6, 6.07) is 5.08. The molecule has 0 unspecified atom stereocenters. The van der Waals surface area contributed by atoms with Gasteiger partial charge in [-0.2, -0.15) is 5.26 Å². The number of benzene rings is 1. The minimum Gasteiger partial charge on any atom is -0.506 e. The second-order valence-corrected chi connectivity index (χ2v) is 5.11. The van der Waals surface area contributed by atoms with Gasteiger partial charge in [0.1, 0.15) is 5.75 Å². The highest BCUT2D eigenvalue weighted by Gasteiger charge is 2.04. The monoisotopic (exact) mass is 377 g/mol. The Kier molecular flexibility index (Phi) is 8.42. The van der Waals surface area contributed by atoms with Crippen molar-refractivity contribution in [3.05, 3.63) is 26.6 Å². The van der Waals surface area contributed by atoms with E-state index in [1.54, 1.807) is 12.1 Å². The minimum atomic E-state index is -0.693. The number of halogens is 2. The van der Waals surface area contributed by atoms with Crippen LogP contribution in [0.15, 0.2) is 21.1 Å². The van der Waals surface area contributed by atoms with Gasteiger partial charge in [-0.3, -0.25) is 4.79 Å². The molecular weight excluding hydrogens is 366 g/mol. The van der Waals surface area contributed by atoms with E-state index in [0.717, 1.165) is 12.8 Å². The molecule has 98 valence electrons. The van der Waals surface area contributed by atoms with Gasteiger partial charge in [0.05, 0.1) is 20.6 Å². The summed E-state index contributed by atoms with van der Waals surface area (Å²) >= 11 is 6.21. The number of nitrogens with zero attached hydrogens (tertiary/aromatic N) is 1. The van der Waals surface area contributed by atoms with Crippen LogP contribution in [-0.4, -0.2) is 16.2 Å². The van der Waals surface area contributed by atoms with Crippen LogP contribution >= 0.6 is 31.9 Å². The van der Waals surface area contributed by atoms with Crippen molar-refractivity contribution in [2.24, 2.45) is 0 Å².